The van der Waals surface area contributed by atoms with E-state index < -0.39 is 24.0 Å². The zero-order chi connectivity index (χ0) is 25.6. The number of carboxylic acids is 1. The van der Waals surface area contributed by atoms with Gasteiger partial charge in [0, 0.05) is 13.1 Å². The maximum Gasteiger partial charge on any atom is 0.327 e. The lowest BCUT2D eigenvalue weighted by Gasteiger charge is -2.33. The van der Waals surface area contributed by atoms with Crippen molar-refractivity contribution in [1.29, 1.82) is 0 Å². The minimum atomic E-state index is -0.974. The number of nitrogens with two attached hydrogens (primary N) is 1. The summed E-state index contributed by atoms with van der Waals surface area (Å²) in [5.41, 5.74) is 9.82. The molecule has 2 atom stereocenters. The molecule has 184 valence electrons. The number of carbonyl (C=O) groups excluding carboxylic acids is 1. The third-order valence-corrected chi connectivity index (χ3v) is 5.76. The highest BCUT2D eigenvalue weighted by molar-refractivity contribution is 5.96. The Morgan fingerprint density at radius 1 is 1.06 bits per heavy atom. The van der Waals surface area contributed by atoms with Crippen LogP contribution in [0.4, 0.5) is 10.5 Å². The number of aliphatic imine (C=N–C) groups is 1. The Kier molecular flexibility index (Phi) is 9.06. The summed E-state index contributed by atoms with van der Waals surface area (Å²) in [5.74, 6) is -0.941. The molecule has 0 bridgehead atoms. The molecule has 8 heteroatoms. The summed E-state index contributed by atoms with van der Waals surface area (Å²) in [7, 11) is 1.57. The summed E-state index contributed by atoms with van der Waals surface area (Å²) in [6.07, 6.45) is 0.0477. The Bertz CT molecular complexity index is 1030. The van der Waals surface area contributed by atoms with E-state index in [-0.39, 0.29) is 18.6 Å². The van der Waals surface area contributed by atoms with Crippen LogP contribution >= 0.6 is 0 Å². The number of nitrogens with zero attached hydrogens (tertiary/aromatic N) is 3. The number of carboxylic acid groups (broad SMARTS) is 1. The Morgan fingerprint density at radius 3 is 2.21 bits per heavy atom. The molecular weight excluding hydrogens is 432 g/mol. The van der Waals surface area contributed by atoms with Gasteiger partial charge in [-0.2, -0.15) is 0 Å². The summed E-state index contributed by atoms with van der Waals surface area (Å²) in [5, 5.41) is 9.38. The summed E-state index contributed by atoms with van der Waals surface area (Å²) in [6, 6.07) is 12.2. The van der Waals surface area contributed by atoms with Crippen molar-refractivity contribution in [2.45, 2.75) is 60.2 Å². The Labute approximate surface area is 202 Å². The van der Waals surface area contributed by atoms with Crippen molar-refractivity contribution in [3.05, 3.63) is 59.2 Å². The number of urea groups is 1. The molecule has 8 nitrogen and oxygen atoms in total. The molecule has 3 N–H and O–H groups in total. The first-order valence-corrected chi connectivity index (χ1v) is 11.3. The maximum atomic E-state index is 13.4. The molecule has 2 amide bonds. The molecule has 0 aliphatic carbocycles. The van der Waals surface area contributed by atoms with Gasteiger partial charge in [-0.25, -0.2) is 9.79 Å². The fraction of sp³-hybridized carbons (Fsp3) is 0.423. The number of amides is 2. The topological polar surface area (TPSA) is 108 Å². The molecule has 0 aromatic heterocycles. The lowest BCUT2D eigenvalue weighted by atomic mass is 10.0. The summed E-state index contributed by atoms with van der Waals surface area (Å²) >= 11 is 0. The second-order valence-corrected chi connectivity index (χ2v) is 8.92. The van der Waals surface area contributed by atoms with Crippen LogP contribution in [0.15, 0.2) is 47.5 Å². The highest BCUT2D eigenvalue weighted by Gasteiger charge is 2.30. The van der Waals surface area contributed by atoms with Gasteiger partial charge in [0.2, 0.25) is 5.96 Å². The molecular formula is C26H36N4O4. The van der Waals surface area contributed by atoms with E-state index in [1.54, 1.807) is 27.0 Å². The Balaban J connectivity index is 2.39. The number of aryl methyl sites for hydroxylation is 2. The van der Waals surface area contributed by atoms with Crippen LogP contribution in [0.3, 0.4) is 0 Å². The maximum absolute atomic E-state index is 13.4. The predicted octanol–water partition coefficient (Wildman–Crippen LogP) is 4.70. The van der Waals surface area contributed by atoms with Gasteiger partial charge in [0.1, 0.15) is 5.75 Å². The molecule has 0 fully saturated rings. The lowest BCUT2D eigenvalue weighted by Crippen LogP contribution is -2.51. The van der Waals surface area contributed by atoms with Gasteiger partial charge in [0.05, 0.1) is 24.3 Å². The van der Waals surface area contributed by atoms with Crippen LogP contribution in [0.2, 0.25) is 0 Å². The minimum absolute atomic E-state index is 0.0181. The summed E-state index contributed by atoms with van der Waals surface area (Å²) < 4.78 is 5.78. The second kappa shape index (κ2) is 11.5. The molecule has 2 rings (SSSR count). The van der Waals surface area contributed by atoms with Crippen LogP contribution in [0.1, 0.15) is 44.4 Å². The molecule has 0 radical (unpaired) electrons. The second-order valence-electron chi connectivity index (χ2n) is 8.92. The number of benzene rings is 2. The third-order valence-electron chi connectivity index (χ3n) is 5.76. The average molecular weight is 469 g/mol. The van der Waals surface area contributed by atoms with E-state index in [4.69, 9.17) is 10.5 Å². The number of aliphatic carboxylic acids is 1. The predicted molar refractivity (Wildman–Crippen MR) is 134 cm³/mol. The molecule has 0 heterocycles. The first kappa shape index (κ1) is 26.7. The zero-order valence-electron chi connectivity index (χ0n) is 21.1. The van der Waals surface area contributed by atoms with Crippen LogP contribution < -0.4 is 10.5 Å². The van der Waals surface area contributed by atoms with Crippen molar-refractivity contribution in [3.63, 3.8) is 0 Å². The van der Waals surface area contributed by atoms with Crippen LogP contribution in [-0.4, -0.2) is 52.1 Å². The first-order chi connectivity index (χ1) is 15.9. The van der Waals surface area contributed by atoms with Crippen LogP contribution in [-0.2, 0) is 11.3 Å². The first-order valence-electron chi connectivity index (χ1n) is 11.3. The van der Waals surface area contributed by atoms with Gasteiger partial charge in [-0.15, -0.1) is 0 Å². The van der Waals surface area contributed by atoms with Gasteiger partial charge >= 0.3 is 12.0 Å². The van der Waals surface area contributed by atoms with Gasteiger partial charge in [-0.3, -0.25) is 9.69 Å². The van der Waals surface area contributed by atoms with E-state index in [2.05, 4.69) is 4.99 Å². The smallest absolute Gasteiger partial charge is 0.327 e. The number of hydrogen-bond acceptors (Lipinski definition) is 4. The van der Waals surface area contributed by atoms with Crippen molar-refractivity contribution >= 4 is 23.6 Å². The summed E-state index contributed by atoms with van der Waals surface area (Å²) in [6.45, 7) is 11.3. The molecule has 0 saturated heterocycles. The number of hydrogen-bond donors (Lipinski definition) is 2. The fourth-order valence-corrected chi connectivity index (χ4v) is 3.31. The number of guanidine groups is 1. The van der Waals surface area contributed by atoms with E-state index in [9.17, 15) is 14.7 Å². The monoisotopic (exact) mass is 468 g/mol. The van der Waals surface area contributed by atoms with Gasteiger partial charge in [-0.1, -0.05) is 29.8 Å². The van der Waals surface area contributed by atoms with Crippen molar-refractivity contribution in [3.8, 4) is 5.75 Å². The quantitative estimate of drug-likeness (QED) is 0.431. The fourth-order valence-electron chi connectivity index (χ4n) is 3.31. The van der Waals surface area contributed by atoms with Crippen LogP contribution in [0, 0.1) is 19.8 Å². The standard InChI is InChI=1S/C26H36N4O4/c1-16(2)34-23-13-12-22(14-18(23)4)28-25(27)30(15-21-10-8-17(3)9-11-21)26(33)29(7)20(6)19(5)24(31)32/h8-14,16,19-20H,15H2,1-7H3,(H2,27,28)(H,31,32)/t19-,20+/m1/s1. The molecule has 2 aromatic rings. The molecule has 0 aliphatic heterocycles. The van der Waals surface area contributed by atoms with Crippen molar-refractivity contribution in [2.75, 3.05) is 7.05 Å². The average Bonchev–Trinajstić information content (AvgIpc) is 2.78. The van der Waals surface area contributed by atoms with Crippen LogP contribution in [0.5, 0.6) is 5.75 Å². The van der Waals surface area contributed by atoms with Crippen molar-refractivity contribution in [1.82, 2.24) is 9.80 Å². The Morgan fingerprint density at radius 2 is 1.68 bits per heavy atom. The Hall–Kier alpha value is -3.55. The van der Waals surface area contributed by atoms with E-state index >= 15 is 0 Å². The van der Waals surface area contributed by atoms with E-state index in [1.165, 1.54) is 9.80 Å². The molecule has 2 aromatic carbocycles. The molecule has 0 aliphatic rings. The number of rotatable bonds is 8. The summed E-state index contributed by atoms with van der Waals surface area (Å²) in [4.78, 5) is 32.1. The van der Waals surface area contributed by atoms with Crippen molar-refractivity contribution < 1.29 is 19.4 Å². The normalized spacial score (nSPS) is 13.4. The highest BCUT2D eigenvalue weighted by Crippen LogP contribution is 2.25. The van der Waals surface area contributed by atoms with E-state index in [0.717, 1.165) is 22.4 Å². The molecule has 0 saturated carbocycles. The third kappa shape index (κ3) is 6.97. The van der Waals surface area contributed by atoms with Crippen LogP contribution in [0.25, 0.3) is 0 Å². The zero-order valence-corrected chi connectivity index (χ0v) is 21.1. The van der Waals surface area contributed by atoms with Gasteiger partial charge in [0.25, 0.3) is 0 Å². The van der Waals surface area contributed by atoms with E-state index in [1.807, 2.05) is 64.1 Å². The highest BCUT2D eigenvalue weighted by atomic mass is 16.5. The number of carbonyl (C=O) groups is 2. The van der Waals surface area contributed by atoms with Gasteiger partial charge < -0.3 is 20.5 Å². The molecule has 0 spiro atoms. The molecule has 0 unspecified atom stereocenters. The minimum Gasteiger partial charge on any atom is -0.491 e. The van der Waals surface area contributed by atoms with Gasteiger partial charge in [-0.05, 0) is 70.9 Å². The lowest BCUT2D eigenvalue weighted by molar-refractivity contribution is -0.142. The van der Waals surface area contributed by atoms with E-state index in [0.29, 0.717) is 5.69 Å². The van der Waals surface area contributed by atoms with Crippen molar-refractivity contribution in [2.24, 2.45) is 16.6 Å². The number of ether oxygens (including phenoxy) is 1. The van der Waals surface area contributed by atoms with Gasteiger partial charge in [0.15, 0.2) is 0 Å². The molecule has 34 heavy (non-hydrogen) atoms. The SMILES string of the molecule is Cc1ccc(CN(C(=O)N(C)[C@@H](C)[C@@H](C)C(=O)O)/C(N)=N/c2ccc(OC(C)C)c(C)c2)cc1. The largest absolute Gasteiger partial charge is 0.491 e.